The van der Waals surface area contributed by atoms with Crippen molar-refractivity contribution in [3.8, 4) is 11.8 Å². The van der Waals surface area contributed by atoms with Crippen LogP contribution in [0.3, 0.4) is 0 Å². The molecular formula is C15H16N2O4. The number of carboxylic acid groups (broad SMARTS) is 1. The maximum Gasteiger partial charge on any atom is 0.308 e. The Bertz CT molecular complexity index is 579. The third-order valence-corrected chi connectivity index (χ3v) is 3.48. The molecule has 6 heteroatoms. The third kappa shape index (κ3) is 3.72. The highest BCUT2D eigenvalue weighted by atomic mass is 16.5. The highest BCUT2D eigenvalue weighted by Crippen LogP contribution is 2.19. The minimum Gasteiger partial charge on any atom is -0.482 e. The molecule has 1 aromatic carbocycles. The van der Waals surface area contributed by atoms with E-state index in [4.69, 9.17) is 15.1 Å². The van der Waals surface area contributed by atoms with E-state index in [1.807, 2.05) is 6.07 Å². The molecule has 110 valence electrons. The first-order chi connectivity index (χ1) is 10.1. The molecule has 6 nitrogen and oxygen atoms in total. The summed E-state index contributed by atoms with van der Waals surface area (Å²) >= 11 is 0. The van der Waals surface area contributed by atoms with Crippen LogP contribution in [0, 0.1) is 17.2 Å². The number of hydrogen-bond donors (Lipinski definition) is 1. The first-order valence-corrected chi connectivity index (χ1v) is 6.74. The first-order valence-electron chi connectivity index (χ1n) is 6.74. The molecule has 1 aliphatic rings. The molecule has 1 heterocycles. The number of ether oxygens (including phenoxy) is 1. The smallest absolute Gasteiger partial charge is 0.308 e. The predicted molar refractivity (Wildman–Crippen MR) is 73.6 cm³/mol. The van der Waals surface area contributed by atoms with Crippen molar-refractivity contribution in [2.45, 2.75) is 12.8 Å². The van der Waals surface area contributed by atoms with E-state index >= 15 is 0 Å². The predicted octanol–water partition coefficient (Wildman–Crippen LogP) is 1.26. The SMILES string of the molecule is N#Cc1ccccc1OCC(=O)N1CCC[C@H](C(=O)O)C1. The van der Waals surface area contributed by atoms with Gasteiger partial charge in [0.15, 0.2) is 6.61 Å². The summed E-state index contributed by atoms with van der Waals surface area (Å²) in [4.78, 5) is 24.6. The van der Waals surface area contributed by atoms with Crippen molar-refractivity contribution in [1.29, 1.82) is 5.26 Å². The number of carboxylic acids is 1. The van der Waals surface area contributed by atoms with Gasteiger partial charge in [0, 0.05) is 13.1 Å². The number of amides is 1. The van der Waals surface area contributed by atoms with Gasteiger partial charge in [-0.15, -0.1) is 0 Å². The number of piperidine rings is 1. The van der Waals surface area contributed by atoms with Crippen LogP contribution in [-0.4, -0.2) is 41.6 Å². The van der Waals surface area contributed by atoms with Gasteiger partial charge in [-0.1, -0.05) is 12.1 Å². The lowest BCUT2D eigenvalue weighted by Gasteiger charge is -2.30. The third-order valence-electron chi connectivity index (χ3n) is 3.48. The first kappa shape index (κ1) is 14.9. The van der Waals surface area contributed by atoms with Crippen molar-refractivity contribution in [2.24, 2.45) is 5.92 Å². The fraction of sp³-hybridized carbons (Fsp3) is 0.400. The highest BCUT2D eigenvalue weighted by Gasteiger charge is 2.28. The minimum atomic E-state index is -0.872. The normalized spacial score (nSPS) is 17.9. The largest absolute Gasteiger partial charge is 0.482 e. The summed E-state index contributed by atoms with van der Waals surface area (Å²) in [6.07, 6.45) is 1.27. The molecule has 0 aromatic heterocycles. The summed E-state index contributed by atoms with van der Waals surface area (Å²) in [5, 5.41) is 17.9. The number of nitriles is 1. The van der Waals surface area contributed by atoms with E-state index in [2.05, 4.69) is 0 Å². The van der Waals surface area contributed by atoms with E-state index in [-0.39, 0.29) is 19.1 Å². The van der Waals surface area contributed by atoms with Gasteiger partial charge in [0.25, 0.3) is 5.91 Å². The molecule has 1 aliphatic heterocycles. The van der Waals surface area contributed by atoms with Crippen molar-refractivity contribution < 1.29 is 19.4 Å². The van der Waals surface area contributed by atoms with Gasteiger partial charge in [-0.3, -0.25) is 9.59 Å². The van der Waals surface area contributed by atoms with Crippen LogP contribution in [0.15, 0.2) is 24.3 Å². The molecule has 0 unspecified atom stereocenters. The molecule has 21 heavy (non-hydrogen) atoms. The van der Waals surface area contributed by atoms with Crippen molar-refractivity contribution in [3.63, 3.8) is 0 Å². The Morgan fingerprint density at radius 2 is 2.19 bits per heavy atom. The summed E-state index contributed by atoms with van der Waals surface area (Å²) in [6, 6.07) is 8.67. The highest BCUT2D eigenvalue weighted by molar-refractivity contribution is 5.79. The van der Waals surface area contributed by atoms with Crippen LogP contribution in [0.5, 0.6) is 5.75 Å². The monoisotopic (exact) mass is 288 g/mol. The summed E-state index contributed by atoms with van der Waals surface area (Å²) in [5.41, 5.74) is 0.368. The Balaban J connectivity index is 1.93. The molecule has 1 N–H and O–H groups in total. The number of likely N-dealkylation sites (tertiary alicyclic amines) is 1. The average molecular weight is 288 g/mol. The van der Waals surface area contributed by atoms with E-state index in [0.29, 0.717) is 30.7 Å². The van der Waals surface area contributed by atoms with Crippen LogP contribution < -0.4 is 4.74 Å². The molecule has 1 aromatic rings. The van der Waals surface area contributed by atoms with Crippen LogP contribution in [0.4, 0.5) is 0 Å². The van der Waals surface area contributed by atoms with Crippen LogP contribution in [0.25, 0.3) is 0 Å². The van der Waals surface area contributed by atoms with Crippen molar-refractivity contribution >= 4 is 11.9 Å². The maximum absolute atomic E-state index is 12.1. The van der Waals surface area contributed by atoms with E-state index in [1.54, 1.807) is 24.3 Å². The van der Waals surface area contributed by atoms with E-state index in [9.17, 15) is 9.59 Å². The van der Waals surface area contributed by atoms with Crippen molar-refractivity contribution in [1.82, 2.24) is 4.90 Å². The van der Waals surface area contributed by atoms with Gasteiger partial charge in [0.2, 0.25) is 0 Å². The number of nitrogens with zero attached hydrogens (tertiary/aromatic N) is 2. The summed E-state index contributed by atoms with van der Waals surface area (Å²) in [5.74, 6) is -1.27. The van der Waals surface area contributed by atoms with Crippen LogP contribution >= 0.6 is 0 Å². The second-order valence-electron chi connectivity index (χ2n) is 4.91. The molecule has 1 fully saturated rings. The minimum absolute atomic E-state index is 0.189. The molecule has 0 aliphatic carbocycles. The van der Waals surface area contributed by atoms with Crippen LogP contribution in [0.1, 0.15) is 18.4 Å². The van der Waals surface area contributed by atoms with E-state index in [1.165, 1.54) is 4.90 Å². The molecule has 0 radical (unpaired) electrons. The van der Waals surface area contributed by atoms with Crippen LogP contribution in [0.2, 0.25) is 0 Å². The summed E-state index contributed by atoms with van der Waals surface area (Å²) < 4.78 is 5.38. The molecule has 1 atom stereocenters. The number of rotatable bonds is 4. The number of aliphatic carboxylic acids is 1. The second kappa shape index (κ2) is 6.75. The molecule has 0 bridgehead atoms. The molecule has 1 saturated heterocycles. The number of para-hydroxylation sites is 1. The fourth-order valence-corrected chi connectivity index (χ4v) is 2.32. The zero-order valence-corrected chi connectivity index (χ0v) is 11.5. The number of benzene rings is 1. The lowest BCUT2D eigenvalue weighted by molar-refractivity contribution is -0.146. The Hall–Kier alpha value is -2.55. The molecule has 1 amide bonds. The quantitative estimate of drug-likeness (QED) is 0.900. The Morgan fingerprint density at radius 3 is 2.90 bits per heavy atom. The number of hydrogen-bond acceptors (Lipinski definition) is 4. The molecule has 2 rings (SSSR count). The van der Waals surface area contributed by atoms with E-state index < -0.39 is 11.9 Å². The van der Waals surface area contributed by atoms with Gasteiger partial charge in [-0.05, 0) is 25.0 Å². The van der Waals surface area contributed by atoms with Crippen molar-refractivity contribution in [3.05, 3.63) is 29.8 Å². The standard InChI is InChI=1S/C15H16N2O4/c16-8-11-4-1-2-6-13(11)21-10-14(18)17-7-3-5-12(9-17)15(19)20/h1-2,4,6,12H,3,5,7,9-10H2,(H,19,20)/t12-/m0/s1. The molecular weight excluding hydrogens is 272 g/mol. The topological polar surface area (TPSA) is 90.6 Å². The van der Waals surface area contributed by atoms with Gasteiger partial charge >= 0.3 is 5.97 Å². The second-order valence-corrected chi connectivity index (χ2v) is 4.91. The van der Waals surface area contributed by atoms with Gasteiger partial charge in [-0.25, -0.2) is 0 Å². The van der Waals surface area contributed by atoms with Gasteiger partial charge in [-0.2, -0.15) is 5.26 Å². The lowest BCUT2D eigenvalue weighted by Crippen LogP contribution is -2.44. The maximum atomic E-state index is 12.1. The van der Waals surface area contributed by atoms with Gasteiger partial charge in [0.1, 0.15) is 11.8 Å². The zero-order chi connectivity index (χ0) is 15.2. The Labute approximate surface area is 122 Å². The van der Waals surface area contributed by atoms with Crippen molar-refractivity contribution in [2.75, 3.05) is 19.7 Å². The Morgan fingerprint density at radius 1 is 1.43 bits per heavy atom. The Kier molecular flexibility index (Phi) is 4.77. The summed E-state index contributed by atoms with van der Waals surface area (Å²) in [6.45, 7) is 0.578. The number of carbonyl (C=O) groups excluding carboxylic acids is 1. The molecule has 0 spiro atoms. The fourth-order valence-electron chi connectivity index (χ4n) is 2.32. The van der Waals surface area contributed by atoms with Crippen LogP contribution in [-0.2, 0) is 9.59 Å². The van der Waals surface area contributed by atoms with Gasteiger partial charge < -0.3 is 14.7 Å². The lowest BCUT2D eigenvalue weighted by atomic mass is 9.98. The molecule has 0 saturated carbocycles. The number of carbonyl (C=O) groups is 2. The van der Waals surface area contributed by atoms with E-state index in [0.717, 1.165) is 0 Å². The summed E-state index contributed by atoms with van der Waals surface area (Å²) in [7, 11) is 0. The zero-order valence-electron chi connectivity index (χ0n) is 11.5. The van der Waals surface area contributed by atoms with Gasteiger partial charge in [0.05, 0.1) is 11.5 Å². The average Bonchev–Trinajstić information content (AvgIpc) is 2.52.